The highest BCUT2D eigenvalue weighted by Crippen LogP contribution is 2.24. The number of aromatic nitrogens is 2. The van der Waals surface area contributed by atoms with E-state index in [2.05, 4.69) is 10.1 Å². The molecule has 188 valence electrons. The summed E-state index contributed by atoms with van der Waals surface area (Å²) >= 11 is 0. The van der Waals surface area contributed by atoms with Crippen molar-refractivity contribution in [1.82, 2.24) is 15.0 Å². The summed E-state index contributed by atoms with van der Waals surface area (Å²) in [6.07, 6.45) is 1.66. The van der Waals surface area contributed by atoms with Crippen LogP contribution in [-0.4, -0.2) is 39.7 Å². The number of carbonyl (C=O) groups excluding carboxylic acids is 3. The SMILES string of the molecule is CC(=O)c1cccc(N(Cc2cc(C(=O)N(C)C(C)c3ccccn3)no2)C(=O)c2ccc(F)cc2)c1. The number of rotatable bonds is 8. The summed E-state index contributed by atoms with van der Waals surface area (Å²) in [4.78, 5) is 45.6. The van der Waals surface area contributed by atoms with Crippen molar-refractivity contribution in [1.29, 1.82) is 0 Å². The minimum Gasteiger partial charge on any atom is -0.359 e. The van der Waals surface area contributed by atoms with E-state index in [0.29, 0.717) is 11.3 Å². The summed E-state index contributed by atoms with van der Waals surface area (Å²) in [7, 11) is 1.65. The molecule has 0 fully saturated rings. The van der Waals surface area contributed by atoms with Crippen molar-refractivity contribution in [3.8, 4) is 0 Å². The second kappa shape index (κ2) is 10.9. The van der Waals surface area contributed by atoms with E-state index in [1.807, 2.05) is 19.1 Å². The zero-order chi connectivity index (χ0) is 26.5. The average Bonchev–Trinajstić information content (AvgIpc) is 3.39. The fraction of sp³-hybridized carbons (Fsp3) is 0.179. The van der Waals surface area contributed by atoms with E-state index in [0.717, 1.165) is 5.69 Å². The van der Waals surface area contributed by atoms with Gasteiger partial charge < -0.3 is 14.3 Å². The first-order chi connectivity index (χ1) is 17.7. The van der Waals surface area contributed by atoms with Crippen LogP contribution in [0.2, 0.25) is 0 Å². The van der Waals surface area contributed by atoms with Gasteiger partial charge in [-0.25, -0.2) is 4.39 Å². The molecule has 1 atom stereocenters. The molecule has 2 heterocycles. The van der Waals surface area contributed by atoms with Crippen molar-refractivity contribution in [2.45, 2.75) is 26.4 Å². The van der Waals surface area contributed by atoms with Gasteiger partial charge in [0.15, 0.2) is 17.2 Å². The highest BCUT2D eigenvalue weighted by atomic mass is 19.1. The number of Topliss-reactive ketones (excluding diaryl/α,β-unsaturated/α-hetero) is 1. The second-order valence-corrected chi connectivity index (χ2v) is 8.53. The molecular weight excluding hydrogens is 475 g/mol. The Morgan fingerprint density at radius 1 is 0.946 bits per heavy atom. The Morgan fingerprint density at radius 3 is 2.38 bits per heavy atom. The zero-order valence-electron chi connectivity index (χ0n) is 20.6. The van der Waals surface area contributed by atoms with Crippen LogP contribution in [-0.2, 0) is 6.54 Å². The van der Waals surface area contributed by atoms with Crippen LogP contribution in [0.4, 0.5) is 10.1 Å². The largest absolute Gasteiger partial charge is 0.359 e. The third-order valence-corrected chi connectivity index (χ3v) is 6.01. The quantitative estimate of drug-likeness (QED) is 0.313. The molecule has 0 bridgehead atoms. The van der Waals surface area contributed by atoms with Crippen LogP contribution < -0.4 is 4.90 Å². The lowest BCUT2D eigenvalue weighted by Crippen LogP contribution is -2.31. The van der Waals surface area contributed by atoms with Crippen LogP contribution in [0, 0.1) is 5.82 Å². The minimum atomic E-state index is -0.468. The van der Waals surface area contributed by atoms with Crippen molar-refractivity contribution in [2.24, 2.45) is 0 Å². The van der Waals surface area contributed by atoms with Gasteiger partial charge in [-0.2, -0.15) is 0 Å². The topological polar surface area (TPSA) is 96.6 Å². The zero-order valence-corrected chi connectivity index (χ0v) is 20.6. The number of amides is 2. The first-order valence-corrected chi connectivity index (χ1v) is 11.6. The van der Waals surface area contributed by atoms with Gasteiger partial charge in [-0.3, -0.25) is 19.4 Å². The third-order valence-electron chi connectivity index (χ3n) is 6.01. The van der Waals surface area contributed by atoms with E-state index in [1.54, 1.807) is 43.6 Å². The van der Waals surface area contributed by atoms with Gasteiger partial charge in [-0.1, -0.05) is 23.4 Å². The lowest BCUT2D eigenvalue weighted by atomic mass is 10.1. The molecular formula is C28H25FN4O4. The van der Waals surface area contributed by atoms with Crippen LogP contribution in [0.3, 0.4) is 0 Å². The normalized spacial score (nSPS) is 11.6. The highest BCUT2D eigenvalue weighted by Gasteiger charge is 2.25. The van der Waals surface area contributed by atoms with Gasteiger partial charge in [0.1, 0.15) is 5.82 Å². The summed E-state index contributed by atoms with van der Waals surface area (Å²) in [5.41, 5.74) is 1.91. The van der Waals surface area contributed by atoms with Gasteiger partial charge in [0.2, 0.25) is 0 Å². The minimum absolute atomic E-state index is 0.0721. The molecule has 0 spiro atoms. The van der Waals surface area contributed by atoms with Crippen molar-refractivity contribution in [3.63, 3.8) is 0 Å². The van der Waals surface area contributed by atoms with Gasteiger partial charge in [-0.05, 0) is 62.4 Å². The number of hydrogen-bond acceptors (Lipinski definition) is 6. The number of ketones is 1. The molecule has 2 aromatic heterocycles. The Kier molecular flexibility index (Phi) is 7.52. The molecule has 2 amide bonds. The van der Waals surface area contributed by atoms with E-state index in [1.165, 1.54) is 47.1 Å². The van der Waals surface area contributed by atoms with Crippen LogP contribution in [0.15, 0.2) is 83.5 Å². The van der Waals surface area contributed by atoms with Gasteiger partial charge in [0.25, 0.3) is 11.8 Å². The number of nitrogens with zero attached hydrogens (tertiary/aromatic N) is 4. The highest BCUT2D eigenvalue weighted by molar-refractivity contribution is 6.06. The van der Waals surface area contributed by atoms with Crippen LogP contribution in [0.1, 0.15) is 62.5 Å². The first-order valence-electron chi connectivity index (χ1n) is 11.6. The van der Waals surface area contributed by atoms with Crippen molar-refractivity contribution in [3.05, 3.63) is 113 Å². The monoisotopic (exact) mass is 500 g/mol. The molecule has 0 saturated heterocycles. The number of hydrogen-bond donors (Lipinski definition) is 0. The number of pyridine rings is 1. The lowest BCUT2D eigenvalue weighted by Gasteiger charge is -2.23. The Balaban J connectivity index is 1.61. The number of carbonyl (C=O) groups is 3. The van der Waals surface area contributed by atoms with Crippen LogP contribution in [0.25, 0.3) is 0 Å². The molecule has 9 heteroatoms. The molecule has 4 aromatic rings. The van der Waals surface area contributed by atoms with Gasteiger partial charge in [0, 0.05) is 36.1 Å². The van der Waals surface area contributed by atoms with Crippen LogP contribution in [0.5, 0.6) is 0 Å². The lowest BCUT2D eigenvalue weighted by molar-refractivity contribution is 0.0728. The molecule has 37 heavy (non-hydrogen) atoms. The van der Waals surface area contributed by atoms with Crippen molar-refractivity contribution >= 4 is 23.3 Å². The number of halogens is 1. The summed E-state index contributed by atoms with van der Waals surface area (Å²) in [6, 6.07) is 18.4. The predicted octanol–water partition coefficient (Wildman–Crippen LogP) is 5.09. The molecule has 0 aliphatic carbocycles. The molecule has 2 aromatic carbocycles. The first kappa shape index (κ1) is 25.4. The predicted molar refractivity (Wildman–Crippen MR) is 135 cm³/mol. The maximum Gasteiger partial charge on any atom is 0.276 e. The third kappa shape index (κ3) is 5.78. The fourth-order valence-corrected chi connectivity index (χ4v) is 3.74. The van der Waals surface area contributed by atoms with E-state index >= 15 is 0 Å². The molecule has 0 radical (unpaired) electrons. The van der Waals surface area contributed by atoms with Gasteiger partial charge in [0.05, 0.1) is 18.3 Å². The maximum absolute atomic E-state index is 13.4. The fourth-order valence-electron chi connectivity index (χ4n) is 3.74. The van der Waals surface area contributed by atoms with E-state index in [9.17, 15) is 18.8 Å². The Hall–Kier alpha value is -4.66. The Labute approximate surface area is 213 Å². The molecule has 1 unspecified atom stereocenters. The van der Waals surface area contributed by atoms with Gasteiger partial charge in [-0.15, -0.1) is 0 Å². The Bertz CT molecular complexity index is 1420. The molecule has 4 rings (SSSR count). The standard InChI is InChI=1S/C28H25FN4O4/c1-18(25-9-4-5-14-30-25)32(3)28(36)26-16-24(37-31-26)17-33(23-8-6-7-21(15-23)19(2)34)27(35)20-10-12-22(29)13-11-20/h4-16,18H,17H2,1-3H3. The molecule has 8 nitrogen and oxygen atoms in total. The Morgan fingerprint density at radius 2 is 1.70 bits per heavy atom. The summed E-state index contributed by atoms with van der Waals surface area (Å²) in [5.74, 6) is -1.18. The van der Waals surface area contributed by atoms with E-state index in [4.69, 9.17) is 4.52 Å². The van der Waals surface area contributed by atoms with Crippen LogP contribution >= 0.6 is 0 Å². The number of benzene rings is 2. The molecule has 0 saturated carbocycles. The second-order valence-electron chi connectivity index (χ2n) is 8.53. The van der Waals surface area contributed by atoms with Gasteiger partial charge >= 0.3 is 0 Å². The van der Waals surface area contributed by atoms with E-state index in [-0.39, 0.29) is 41.3 Å². The summed E-state index contributed by atoms with van der Waals surface area (Å²) in [6.45, 7) is 3.21. The van der Waals surface area contributed by atoms with E-state index < -0.39 is 11.7 Å². The summed E-state index contributed by atoms with van der Waals surface area (Å²) < 4.78 is 18.9. The number of anilines is 1. The molecule has 0 N–H and O–H groups in total. The molecule has 0 aliphatic rings. The van der Waals surface area contributed by atoms with Crippen molar-refractivity contribution < 1.29 is 23.3 Å². The maximum atomic E-state index is 13.4. The van der Waals surface area contributed by atoms with Crippen molar-refractivity contribution in [2.75, 3.05) is 11.9 Å². The smallest absolute Gasteiger partial charge is 0.276 e. The average molecular weight is 501 g/mol. The summed E-state index contributed by atoms with van der Waals surface area (Å²) in [5, 5.41) is 3.92. The molecule has 0 aliphatic heterocycles.